The van der Waals surface area contributed by atoms with E-state index >= 15 is 0 Å². The van der Waals surface area contributed by atoms with Crippen LogP contribution in [0.4, 0.5) is 0 Å². The van der Waals surface area contributed by atoms with E-state index < -0.39 is 0 Å². The molecule has 2 nitrogen and oxygen atoms in total. The zero-order valence-corrected chi connectivity index (χ0v) is 7.59. The SMILES string of the molecule is [CH][CH]c1ccc(-c2ccccn2)cn1. The molecule has 14 heavy (non-hydrogen) atoms. The maximum atomic E-state index is 5.34. The minimum atomic E-state index is 0.768. The summed E-state index contributed by atoms with van der Waals surface area (Å²) in [7, 11) is 0. The van der Waals surface area contributed by atoms with Crippen molar-refractivity contribution in [1.29, 1.82) is 0 Å². The molecule has 3 radical (unpaired) electrons. The number of rotatable bonds is 2. The quantitative estimate of drug-likeness (QED) is 0.711. The van der Waals surface area contributed by atoms with Gasteiger partial charge in [-0.25, -0.2) is 0 Å². The molecule has 0 atom stereocenters. The predicted molar refractivity (Wildman–Crippen MR) is 55.2 cm³/mol. The van der Waals surface area contributed by atoms with Gasteiger partial charge in [0.2, 0.25) is 0 Å². The van der Waals surface area contributed by atoms with Crippen LogP contribution in [0.2, 0.25) is 0 Å². The molecule has 0 aliphatic heterocycles. The first-order valence-electron chi connectivity index (χ1n) is 4.32. The fraction of sp³-hybridized carbons (Fsp3) is 0. The summed E-state index contributed by atoms with van der Waals surface area (Å²) in [5.41, 5.74) is 2.68. The summed E-state index contributed by atoms with van der Waals surface area (Å²) < 4.78 is 0. The van der Waals surface area contributed by atoms with Gasteiger partial charge in [-0.15, -0.1) is 0 Å². The minimum Gasteiger partial charge on any atom is -0.260 e. The molecule has 2 aromatic rings. The first kappa shape index (κ1) is 8.88. The van der Waals surface area contributed by atoms with E-state index in [0.29, 0.717) is 0 Å². The van der Waals surface area contributed by atoms with Crippen LogP contribution < -0.4 is 0 Å². The smallest absolute Gasteiger partial charge is 0.0717 e. The topological polar surface area (TPSA) is 25.8 Å². The molecule has 2 aromatic heterocycles. The molecule has 2 heterocycles. The van der Waals surface area contributed by atoms with Gasteiger partial charge in [-0.3, -0.25) is 9.97 Å². The summed E-state index contributed by atoms with van der Waals surface area (Å²) >= 11 is 0. The Bertz CT molecular complexity index is 392. The van der Waals surface area contributed by atoms with E-state index in [2.05, 4.69) is 9.97 Å². The monoisotopic (exact) mass is 181 g/mol. The van der Waals surface area contributed by atoms with E-state index in [-0.39, 0.29) is 0 Å². The van der Waals surface area contributed by atoms with Crippen LogP contribution in [-0.4, -0.2) is 9.97 Å². The van der Waals surface area contributed by atoms with Crippen LogP contribution >= 0.6 is 0 Å². The third-order valence-electron chi connectivity index (χ3n) is 1.92. The highest BCUT2D eigenvalue weighted by Gasteiger charge is 1.97. The van der Waals surface area contributed by atoms with Gasteiger partial charge in [-0.2, -0.15) is 0 Å². The molecular weight excluding hydrogens is 172 g/mol. The fourth-order valence-corrected chi connectivity index (χ4v) is 1.19. The second-order valence-electron chi connectivity index (χ2n) is 2.85. The molecule has 0 saturated heterocycles. The van der Waals surface area contributed by atoms with Gasteiger partial charge in [-0.1, -0.05) is 6.07 Å². The van der Waals surface area contributed by atoms with E-state index in [1.807, 2.05) is 30.3 Å². The van der Waals surface area contributed by atoms with Gasteiger partial charge in [0, 0.05) is 30.1 Å². The maximum Gasteiger partial charge on any atom is 0.0717 e. The van der Waals surface area contributed by atoms with E-state index in [1.54, 1.807) is 12.4 Å². The van der Waals surface area contributed by atoms with Crippen molar-refractivity contribution in [3.63, 3.8) is 0 Å². The predicted octanol–water partition coefficient (Wildman–Crippen LogP) is 2.41. The van der Waals surface area contributed by atoms with Crippen LogP contribution in [0.5, 0.6) is 0 Å². The summed E-state index contributed by atoms with van der Waals surface area (Å²) in [4.78, 5) is 8.38. The summed E-state index contributed by atoms with van der Waals surface area (Å²) in [6.45, 7) is 5.34. The third kappa shape index (κ3) is 1.79. The molecule has 0 fully saturated rings. The molecule has 0 aromatic carbocycles. The van der Waals surface area contributed by atoms with Gasteiger partial charge in [0.15, 0.2) is 0 Å². The van der Waals surface area contributed by atoms with Gasteiger partial charge in [0.1, 0.15) is 0 Å². The Morgan fingerprint density at radius 3 is 2.57 bits per heavy atom. The Hall–Kier alpha value is -1.70. The first-order valence-corrected chi connectivity index (χ1v) is 4.32. The van der Waals surface area contributed by atoms with Crippen molar-refractivity contribution >= 4 is 0 Å². The van der Waals surface area contributed by atoms with Gasteiger partial charge in [0.05, 0.1) is 5.69 Å². The molecule has 0 unspecified atom stereocenters. The van der Waals surface area contributed by atoms with Crippen molar-refractivity contribution in [2.24, 2.45) is 0 Å². The van der Waals surface area contributed by atoms with Crippen molar-refractivity contribution < 1.29 is 0 Å². The van der Waals surface area contributed by atoms with Gasteiger partial charge >= 0.3 is 0 Å². The number of nitrogens with zero attached hydrogens (tertiary/aromatic N) is 2. The van der Waals surface area contributed by atoms with Crippen molar-refractivity contribution in [2.45, 2.75) is 0 Å². The highest BCUT2D eigenvalue weighted by Crippen LogP contribution is 2.15. The van der Waals surface area contributed by atoms with E-state index in [0.717, 1.165) is 17.0 Å². The lowest BCUT2D eigenvalue weighted by Crippen LogP contribution is -1.87. The van der Waals surface area contributed by atoms with Crippen molar-refractivity contribution in [1.82, 2.24) is 9.97 Å². The first-order chi connectivity index (χ1) is 6.90. The number of hydrogen-bond acceptors (Lipinski definition) is 2. The van der Waals surface area contributed by atoms with Crippen molar-refractivity contribution in [3.8, 4) is 11.3 Å². The number of hydrogen-bond donors (Lipinski definition) is 0. The van der Waals surface area contributed by atoms with Crippen LogP contribution in [0.25, 0.3) is 11.3 Å². The van der Waals surface area contributed by atoms with Crippen LogP contribution in [0.3, 0.4) is 0 Å². The number of pyridine rings is 2. The Morgan fingerprint density at radius 1 is 1.07 bits per heavy atom. The molecule has 0 bridgehead atoms. The molecule has 2 rings (SSSR count). The Morgan fingerprint density at radius 2 is 2.00 bits per heavy atom. The average molecular weight is 181 g/mol. The van der Waals surface area contributed by atoms with E-state index in [9.17, 15) is 0 Å². The maximum absolute atomic E-state index is 5.34. The molecule has 0 N–H and O–H groups in total. The lowest BCUT2D eigenvalue weighted by molar-refractivity contribution is 1.22. The third-order valence-corrected chi connectivity index (χ3v) is 1.92. The summed E-state index contributed by atoms with van der Waals surface area (Å²) in [6.07, 6.45) is 5.00. The molecule has 2 heteroatoms. The Labute approximate surface area is 83.7 Å². The van der Waals surface area contributed by atoms with Crippen molar-refractivity contribution in [2.75, 3.05) is 0 Å². The minimum absolute atomic E-state index is 0.768. The average Bonchev–Trinajstić information content (AvgIpc) is 2.30. The standard InChI is InChI=1S/C12H9N2/c1-2-11-7-6-10(9-14-11)12-5-3-4-8-13-12/h1-9H. The molecular formula is C12H9N2. The van der Waals surface area contributed by atoms with Crippen molar-refractivity contribution in [3.05, 3.63) is 61.8 Å². The summed E-state index contributed by atoms with van der Waals surface area (Å²) in [5, 5.41) is 0. The molecule has 0 aliphatic carbocycles. The summed E-state index contributed by atoms with van der Waals surface area (Å²) in [5.74, 6) is 0. The molecule has 0 aliphatic rings. The molecule has 0 saturated carbocycles. The molecule has 67 valence electrons. The van der Waals surface area contributed by atoms with Crippen LogP contribution in [-0.2, 0) is 0 Å². The van der Waals surface area contributed by atoms with Crippen LogP contribution in [0.1, 0.15) is 5.69 Å². The van der Waals surface area contributed by atoms with Crippen LogP contribution in [0.15, 0.2) is 42.7 Å². The lowest BCUT2D eigenvalue weighted by Gasteiger charge is -2.00. The van der Waals surface area contributed by atoms with Gasteiger partial charge < -0.3 is 0 Å². The highest BCUT2D eigenvalue weighted by atomic mass is 14.7. The lowest BCUT2D eigenvalue weighted by atomic mass is 10.1. The Balaban J connectivity index is 2.34. The van der Waals surface area contributed by atoms with Gasteiger partial charge in [0.25, 0.3) is 0 Å². The normalized spacial score (nSPS) is 10.1. The van der Waals surface area contributed by atoms with E-state index in [4.69, 9.17) is 6.92 Å². The fourth-order valence-electron chi connectivity index (χ4n) is 1.19. The zero-order valence-electron chi connectivity index (χ0n) is 7.59. The second kappa shape index (κ2) is 4.01. The highest BCUT2D eigenvalue weighted by molar-refractivity contribution is 5.57. The zero-order chi connectivity index (χ0) is 9.80. The molecule has 0 amide bonds. The second-order valence-corrected chi connectivity index (χ2v) is 2.85. The Kier molecular flexibility index (Phi) is 2.54. The largest absolute Gasteiger partial charge is 0.260 e. The number of aromatic nitrogens is 2. The summed E-state index contributed by atoms with van der Waals surface area (Å²) in [6, 6.07) is 9.60. The van der Waals surface area contributed by atoms with Crippen LogP contribution in [0, 0.1) is 13.3 Å². The van der Waals surface area contributed by atoms with E-state index in [1.165, 1.54) is 6.42 Å². The van der Waals surface area contributed by atoms with Gasteiger partial charge in [-0.05, 0) is 31.2 Å². The molecule has 0 spiro atoms.